The number of hydrogen-bond acceptors (Lipinski definition) is 4. The normalized spacial score (nSPS) is 21.4. The maximum Gasteiger partial charge on any atom is 0.282 e. The standard InChI is InChI=1S/C7H6BrClN2OS/c8-3-1-5(13-6(3)9)4-2-12-7(10)11-4/h1,4H,2H2,(H2,10,11). The summed E-state index contributed by atoms with van der Waals surface area (Å²) in [6.07, 6.45) is 0. The predicted octanol–water partition coefficient (Wildman–Crippen LogP) is 2.55. The van der Waals surface area contributed by atoms with Gasteiger partial charge in [0.2, 0.25) is 0 Å². The Morgan fingerprint density at radius 3 is 3.00 bits per heavy atom. The van der Waals surface area contributed by atoms with Crippen molar-refractivity contribution in [2.45, 2.75) is 6.04 Å². The zero-order valence-corrected chi connectivity index (χ0v) is 9.62. The molecule has 1 unspecified atom stereocenters. The van der Waals surface area contributed by atoms with Gasteiger partial charge in [-0.3, -0.25) is 0 Å². The molecule has 1 aliphatic heterocycles. The first kappa shape index (κ1) is 9.30. The minimum Gasteiger partial charge on any atom is -0.463 e. The van der Waals surface area contributed by atoms with Crippen LogP contribution in [0, 0.1) is 0 Å². The van der Waals surface area contributed by atoms with Gasteiger partial charge >= 0.3 is 0 Å². The molecule has 0 saturated heterocycles. The Morgan fingerprint density at radius 2 is 2.54 bits per heavy atom. The molecule has 0 fully saturated rings. The van der Waals surface area contributed by atoms with E-state index in [0.29, 0.717) is 6.61 Å². The molecule has 0 amide bonds. The van der Waals surface area contributed by atoms with Crippen molar-refractivity contribution in [2.75, 3.05) is 6.61 Å². The molecule has 0 spiro atoms. The average molecular weight is 282 g/mol. The highest BCUT2D eigenvalue weighted by atomic mass is 79.9. The average Bonchev–Trinajstić information content (AvgIpc) is 2.61. The Bertz CT molecular complexity index is 346. The minimum atomic E-state index is 0.00815. The molecular weight excluding hydrogens is 276 g/mol. The van der Waals surface area contributed by atoms with Gasteiger partial charge in [-0.25, -0.2) is 4.99 Å². The van der Waals surface area contributed by atoms with Crippen molar-refractivity contribution in [3.8, 4) is 0 Å². The van der Waals surface area contributed by atoms with Crippen LogP contribution in [0.1, 0.15) is 10.9 Å². The molecule has 0 aliphatic carbocycles. The van der Waals surface area contributed by atoms with Gasteiger partial charge in [0, 0.05) is 9.35 Å². The molecule has 2 N–H and O–H groups in total. The molecule has 0 aromatic carbocycles. The van der Waals surface area contributed by atoms with Gasteiger partial charge in [-0.05, 0) is 22.0 Å². The Balaban J connectivity index is 2.26. The van der Waals surface area contributed by atoms with E-state index in [-0.39, 0.29) is 12.1 Å². The quantitative estimate of drug-likeness (QED) is 0.860. The Kier molecular flexibility index (Phi) is 2.49. The van der Waals surface area contributed by atoms with E-state index in [1.165, 1.54) is 11.3 Å². The molecule has 3 nitrogen and oxygen atoms in total. The second-order valence-electron chi connectivity index (χ2n) is 2.56. The molecule has 1 aliphatic rings. The lowest BCUT2D eigenvalue weighted by atomic mass is 10.3. The summed E-state index contributed by atoms with van der Waals surface area (Å²) in [6, 6.07) is 2.21. The number of ether oxygens (including phenoxy) is 1. The van der Waals surface area contributed by atoms with Crippen LogP contribution in [0.25, 0.3) is 0 Å². The topological polar surface area (TPSA) is 47.6 Å². The SMILES string of the molecule is NC1=NC(c2cc(Br)c(Cl)s2)CO1. The minimum absolute atomic E-state index is 0.00815. The zero-order valence-electron chi connectivity index (χ0n) is 6.46. The second-order valence-corrected chi connectivity index (χ2v) is 5.10. The van der Waals surface area contributed by atoms with Crippen LogP contribution in [0.15, 0.2) is 15.5 Å². The summed E-state index contributed by atoms with van der Waals surface area (Å²) >= 11 is 10.7. The zero-order chi connectivity index (χ0) is 9.42. The van der Waals surface area contributed by atoms with Gasteiger partial charge < -0.3 is 10.5 Å². The Hall–Kier alpha value is -0.260. The molecular formula is C7H6BrClN2OS. The van der Waals surface area contributed by atoms with Crippen LogP contribution in [0.5, 0.6) is 0 Å². The fourth-order valence-corrected chi connectivity index (χ4v) is 2.83. The monoisotopic (exact) mass is 280 g/mol. The molecule has 1 atom stereocenters. The lowest BCUT2D eigenvalue weighted by Gasteiger charge is -1.98. The molecule has 0 radical (unpaired) electrons. The Morgan fingerprint density at radius 1 is 1.77 bits per heavy atom. The van der Waals surface area contributed by atoms with E-state index in [9.17, 15) is 0 Å². The van der Waals surface area contributed by atoms with Gasteiger partial charge in [0.1, 0.15) is 17.0 Å². The molecule has 70 valence electrons. The first-order valence-corrected chi connectivity index (χ1v) is 5.56. The van der Waals surface area contributed by atoms with Gasteiger partial charge in [0.15, 0.2) is 0 Å². The first-order chi connectivity index (χ1) is 6.16. The lowest BCUT2D eigenvalue weighted by Crippen LogP contribution is -2.10. The van der Waals surface area contributed by atoms with Crippen molar-refractivity contribution in [3.63, 3.8) is 0 Å². The van der Waals surface area contributed by atoms with Gasteiger partial charge in [-0.1, -0.05) is 11.6 Å². The van der Waals surface area contributed by atoms with E-state index in [2.05, 4.69) is 20.9 Å². The fraction of sp³-hybridized carbons (Fsp3) is 0.286. The Labute approximate surface area is 92.7 Å². The molecule has 1 aromatic rings. The highest BCUT2D eigenvalue weighted by Crippen LogP contribution is 2.37. The molecule has 13 heavy (non-hydrogen) atoms. The van der Waals surface area contributed by atoms with Crippen LogP contribution in [-0.2, 0) is 4.74 Å². The van der Waals surface area contributed by atoms with E-state index < -0.39 is 0 Å². The number of halogens is 2. The number of thiophene rings is 1. The van der Waals surface area contributed by atoms with Crippen LogP contribution in [0.3, 0.4) is 0 Å². The second kappa shape index (κ2) is 3.48. The van der Waals surface area contributed by atoms with Crippen molar-refractivity contribution < 1.29 is 4.74 Å². The van der Waals surface area contributed by atoms with E-state index in [0.717, 1.165) is 13.7 Å². The predicted molar refractivity (Wildman–Crippen MR) is 57.3 cm³/mol. The summed E-state index contributed by atoms with van der Waals surface area (Å²) in [5, 5.41) is 0. The van der Waals surface area contributed by atoms with E-state index in [1.807, 2.05) is 6.07 Å². The molecule has 0 bridgehead atoms. The van der Waals surface area contributed by atoms with Crippen molar-refractivity contribution in [1.29, 1.82) is 0 Å². The maximum absolute atomic E-state index is 5.90. The maximum atomic E-state index is 5.90. The fourth-order valence-electron chi connectivity index (χ4n) is 1.07. The van der Waals surface area contributed by atoms with Crippen molar-refractivity contribution in [1.82, 2.24) is 0 Å². The van der Waals surface area contributed by atoms with Gasteiger partial charge in [0.05, 0.1) is 0 Å². The lowest BCUT2D eigenvalue weighted by molar-refractivity contribution is 0.316. The third-order valence-electron chi connectivity index (χ3n) is 1.66. The summed E-state index contributed by atoms with van der Waals surface area (Å²) in [5.74, 6) is 0. The number of nitrogens with two attached hydrogens (primary N) is 1. The third-order valence-corrected chi connectivity index (χ3v) is 4.24. The van der Waals surface area contributed by atoms with Crippen LogP contribution >= 0.6 is 38.9 Å². The number of aliphatic imine (C=N–C) groups is 1. The van der Waals surface area contributed by atoms with Gasteiger partial charge in [-0.15, -0.1) is 11.3 Å². The number of amidine groups is 1. The summed E-state index contributed by atoms with van der Waals surface area (Å²) < 4.78 is 6.68. The molecule has 2 heterocycles. The molecule has 1 aromatic heterocycles. The molecule has 0 saturated carbocycles. The van der Waals surface area contributed by atoms with Crippen LogP contribution in [0.2, 0.25) is 4.34 Å². The van der Waals surface area contributed by atoms with Crippen molar-refractivity contribution in [2.24, 2.45) is 10.7 Å². The van der Waals surface area contributed by atoms with E-state index >= 15 is 0 Å². The van der Waals surface area contributed by atoms with Gasteiger partial charge in [0.25, 0.3) is 6.02 Å². The summed E-state index contributed by atoms with van der Waals surface area (Å²) in [4.78, 5) is 5.18. The number of nitrogens with zero attached hydrogens (tertiary/aromatic N) is 1. The van der Waals surface area contributed by atoms with Crippen LogP contribution < -0.4 is 5.73 Å². The van der Waals surface area contributed by atoms with E-state index in [1.54, 1.807) is 0 Å². The highest BCUT2D eigenvalue weighted by Gasteiger charge is 2.21. The summed E-state index contributed by atoms with van der Waals surface area (Å²) in [6.45, 7) is 0.509. The van der Waals surface area contributed by atoms with Crippen molar-refractivity contribution >= 4 is 44.9 Å². The molecule has 6 heteroatoms. The number of hydrogen-bond donors (Lipinski definition) is 1. The highest BCUT2D eigenvalue weighted by molar-refractivity contribution is 9.10. The van der Waals surface area contributed by atoms with Gasteiger partial charge in [-0.2, -0.15) is 0 Å². The number of rotatable bonds is 1. The first-order valence-electron chi connectivity index (χ1n) is 3.57. The summed E-state index contributed by atoms with van der Waals surface area (Å²) in [7, 11) is 0. The van der Waals surface area contributed by atoms with Crippen molar-refractivity contribution in [3.05, 3.63) is 19.8 Å². The molecule has 2 rings (SSSR count). The summed E-state index contributed by atoms with van der Waals surface area (Å²) in [5.41, 5.74) is 5.40. The van der Waals surface area contributed by atoms with Crippen LogP contribution in [0.4, 0.5) is 0 Å². The smallest absolute Gasteiger partial charge is 0.282 e. The largest absolute Gasteiger partial charge is 0.463 e. The third kappa shape index (κ3) is 1.82. The van der Waals surface area contributed by atoms with Crippen LogP contribution in [-0.4, -0.2) is 12.6 Å². The van der Waals surface area contributed by atoms with E-state index in [4.69, 9.17) is 22.1 Å².